The van der Waals surface area contributed by atoms with E-state index in [0.717, 1.165) is 52.0 Å². The number of ether oxygens (including phenoxy) is 1. The van der Waals surface area contributed by atoms with Gasteiger partial charge in [0, 0.05) is 37.5 Å². The predicted octanol–water partition coefficient (Wildman–Crippen LogP) is 1.21. The van der Waals surface area contributed by atoms with E-state index in [0.29, 0.717) is 18.1 Å². The summed E-state index contributed by atoms with van der Waals surface area (Å²) < 4.78 is 5.06. The molecule has 6 nitrogen and oxygen atoms in total. The van der Waals surface area contributed by atoms with E-state index in [2.05, 4.69) is 10.2 Å². The maximum Gasteiger partial charge on any atom is 0.409 e. The summed E-state index contributed by atoms with van der Waals surface area (Å²) >= 11 is 0. The highest BCUT2D eigenvalue weighted by Crippen LogP contribution is 2.51. The molecule has 0 aromatic heterocycles. The Labute approximate surface area is 137 Å². The summed E-state index contributed by atoms with van der Waals surface area (Å²) in [5.41, 5.74) is 0.615. The fourth-order valence-corrected chi connectivity index (χ4v) is 5.03. The lowest BCUT2D eigenvalue weighted by Crippen LogP contribution is -2.68. The second-order valence-electron chi connectivity index (χ2n) is 8.11. The molecular formula is C17H27N3O3. The highest BCUT2D eigenvalue weighted by Gasteiger charge is 2.56. The Bertz CT molecular complexity index is 499. The quantitative estimate of drug-likeness (QED) is 0.830. The van der Waals surface area contributed by atoms with Crippen molar-refractivity contribution in [2.24, 2.45) is 10.8 Å². The van der Waals surface area contributed by atoms with Crippen molar-refractivity contribution in [3.05, 3.63) is 0 Å². The fraction of sp³-hybridized carbons (Fsp3) is 0.882. The highest BCUT2D eigenvalue weighted by molar-refractivity contribution is 5.79. The predicted molar refractivity (Wildman–Crippen MR) is 84.9 cm³/mol. The van der Waals surface area contributed by atoms with Gasteiger partial charge in [-0.25, -0.2) is 4.79 Å². The summed E-state index contributed by atoms with van der Waals surface area (Å²) in [7, 11) is 0. The molecule has 3 aliphatic heterocycles. The Morgan fingerprint density at radius 1 is 1.26 bits per heavy atom. The molecule has 0 unspecified atom stereocenters. The van der Waals surface area contributed by atoms with Crippen molar-refractivity contribution in [1.82, 2.24) is 15.1 Å². The van der Waals surface area contributed by atoms with Crippen LogP contribution in [-0.2, 0) is 9.53 Å². The summed E-state index contributed by atoms with van der Waals surface area (Å²) in [4.78, 5) is 27.6. The topological polar surface area (TPSA) is 61.9 Å². The standard InChI is InChI=1S/C17H27N3O3/c1-2-23-15(22)20-11-17(12-20)7-13(8-17)19-5-3-16(4-6-19)9-14(21)18-10-16/h13H,2-12H2,1H3,(H,18,21). The van der Waals surface area contributed by atoms with Gasteiger partial charge in [-0.2, -0.15) is 0 Å². The van der Waals surface area contributed by atoms with Gasteiger partial charge in [0.25, 0.3) is 0 Å². The molecule has 4 aliphatic rings. The molecule has 0 aromatic carbocycles. The molecule has 2 amide bonds. The molecule has 4 rings (SSSR count). The zero-order valence-corrected chi connectivity index (χ0v) is 14.0. The van der Waals surface area contributed by atoms with Gasteiger partial charge in [0.2, 0.25) is 5.91 Å². The number of nitrogens with zero attached hydrogens (tertiary/aromatic N) is 2. The average Bonchev–Trinajstić information content (AvgIpc) is 2.79. The molecule has 6 heteroatoms. The van der Waals surface area contributed by atoms with Gasteiger partial charge in [0.05, 0.1) is 6.61 Å². The lowest BCUT2D eigenvalue weighted by molar-refractivity contribution is -0.120. The zero-order chi connectivity index (χ0) is 16.1. The van der Waals surface area contributed by atoms with Crippen LogP contribution in [0.25, 0.3) is 0 Å². The Balaban J connectivity index is 1.22. The monoisotopic (exact) mass is 321 g/mol. The van der Waals surface area contributed by atoms with E-state index >= 15 is 0 Å². The number of nitrogens with one attached hydrogen (secondary N) is 1. The number of hydrogen-bond donors (Lipinski definition) is 1. The van der Waals surface area contributed by atoms with Crippen molar-refractivity contribution < 1.29 is 14.3 Å². The summed E-state index contributed by atoms with van der Waals surface area (Å²) in [6.45, 7) is 7.18. The first-order valence-corrected chi connectivity index (χ1v) is 8.96. The molecule has 2 spiro atoms. The van der Waals surface area contributed by atoms with Crippen LogP contribution in [0.5, 0.6) is 0 Å². The first kappa shape index (κ1) is 15.2. The third-order valence-corrected chi connectivity index (χ3v) is 6.49. The van der Waals surface area contributed by atoms with Gasteiger partial charge in [0.1, 0.15) is 0 Å². The first-order valence-electron chi connectivity index (χ1n) is 8.96. The Kier molecular flexibility index (Phi) is 3.55. The Morgan fingerprint density at radius 3 is 2.52 bits per heavy atom. The second-order valence-corrected chi connectivity index (χ2v) is 8.11. The molecule has 0 aromatic rings. The lowest BCUT2D eigenvalue weighted by atomic mass is 9.60. The number of piperidine rings is 1. The zero-order valence-electron chi connectivity index (χ0n) is 14.0. The second kappa shape index (κ2) is 5.36. The Hall–Kier alpha value is -1.30. The number of carbonyl (C=O) groups excluding carboxylic acids is 2. The number of amides is 2. The number of carbonyl (C=O) groups is 2. The SMILES string of the molecule is CCOC(=O)N1CC2(CC(N3CCC4(CC3)CNC(=O)C4)C2)C1. The van der Waals surface area contributed by atoms with Gasteiger partial charge in [-0.3, -0.25) is 4.79 Å². The molecule has 0 bridgehead atoms. The fourth-order valence-electron chi connectivity index (χ4n) is 5.03. The molecule has 0 radical (unpaired) electrons. The minimum absolute atomic E-state index is 0.153. The van der Waals surface area contributed by atoms with Crippen molar-refractivity contribution in [2.45, 2.75) is 45.1 Å². The Morgan fingerprint density at radius 2 is 1.96 bits per heavy atom. The molecular weight excluding hydrogens is 294 g/mol. The van der Waals surface area contributed by atoms with E-state index in [1.807, 2.05) is 11.8 Å². The van der Waals surface area contributed by atoms with E-state index in [4.69, 9.17) is 4.74 Å². The van der Waals surface area contributed by atoms with Gasteiger partial charge >= 0.3 is 6.09 Å². The minimum Gasteiger partial charge on any atom is -0.450 e. The average molecular weight is 321 g/mol. The van der Waals surface area contributed by atoms with Crippen LogP contribution in [0.1, 0.15) is 39.0 Å². The summed E-state index contributed by atoms with van der Waals surface area (Å²) in [6.07, 6.45) is 5.29. The smallest absolute Gasteiger partial charge is 0.409 e. The molecule has 3 heterocycles. The van der Waals surface area contributed by atoms with E-state index in [1.165, 1.54) is 12.8 Å². The maximum absolute atomic E-state index is 11.7. The molecule has 1 saturated carbocycles. The molecule has 1 aliphatic carbocycles. The van der Waals surface area contributed by atoms with Crippen molar-refractivity contribution in [1.29, 1.82) is 0 Å². The van der Waals surface area contributed by atoms with E-state index < -0.39 is 0 Å². The van der Waals surface area contributed by atoms with Crippen molar-refractivity contribution in [3.63, 3.8) is 0 Å². The van der Waals surface area contributed by atoms with Gasteiger partial charge in [-0.05, 0) is 51.1 Å². The van der Waals surface area contributed by atoms with Gasteiger partial charge in [-0.1, -0.05) is 0 Å². The molecule has 23 heavy (non-hydrogen) atoms. The minimum atomic E-state index is -0.153. The van der Waals surface area contributed by atoms with E-state index in [1.54, 1.807) is 0 Å². The molecule has 1 N–H and O–H groups in total. The number of rotatable bonds is 2. The van der Waals surface area contributed by atoms with Gasteiger partial charge < -0.3 is 19.9 Å². The van der Waals surface area contributed by atoms with Crippen LogP contribution < -0.4 is 5.32 Å². The highest BCUT2D eigenvalue weighted by atomic mass is 16.6. The molecule has 3 saturated heterocycles. The largest absolute Gasteiger partial charge is 0.450 e. The van der Waals surface area contributed by atoms with Crippen LogP contribution in [0.3, 0.4) is 0 Å². The first-order chi connectivity index (χ1) is 11.0. The maximum atomic E-state index is 11.7. The van der Waals surface area contributed by atoms with Crippen LogP contribution in [0.2, 0.25) is 0 Å². The van der Waals surface area contributed by atoms with Crippen LogP contribution in [0.4, 0.5) is 4.79 Å². The van der Waals surface area contributed by atoms with Crippen LogP contribution in [-0.4, -0.2) is 67.2 Å². The van der Waals surface area contributed by atoms with E-state index in [-0.39, 0.29) is 17.4 Å². The lowest BCUT2D eigenvalue weighted by Gasteiger charge is -2.61. The summed E-state index contributed by atoms with van der Waals surface area (Å²) in [6, 6.07) is 0.682. The summed E-state index contributed by atoms with van der Waals surface area (Å²) in [5, 5.41) is 3.00. The summed E-state index contributed by atoms with van der Waals surface area (Å²) in [5.74, 6) is 0.231. The van der Waals surface area contributed by atoms with Crippen molar-refractivity contribution in [2.75, 3.05) is 39.3 Å². The van der Waals surface area contributed by atoms with Gasteiger partial charge in [0.15, 0.2) is 0 Å². The van der Waals surface area contributed by atoms with E-state index in [9.17, 15) is 9.59 Å². The molecule has 128 valence electrons. The van der Waals surface area contributed by atoms with Crippen LogP contribution in [0, 0.1) is 10.8 Å². The number of hydrogen-bond acceptors (Lipinski definition) is 4. The van der Waals surface area contributed by atoms with Crippen molar-refractivity contribution >= 4 is 12.0 Å². The van der Waals surface area contributed by atoms with Crippen LogP contribution in [0.15, 0.2) is 0 Å². The number of likely N-dealkylation sites (tertiary alicyclic amines) is 2. The van der Waals surface area contributed by atoms with Crippen molar-refractivity contribution in [3.8, 4) is 0 Å². The van der Waals surface area contributed by atoms with Crippen LogP contribution >= 0.6 is 0 Å². The molecule has 0 atom stereocenters. The van der Waals surface area contributed by atoms with Gasteiger partial charge in [-0.15, -0.1) is 0 Å². The molecule has 4 fully saturated rings. The normalized spacial score (nSPS) is 29.3. The third kappa shape index (κ3) is 2.61. The third-order valence-electron chi connectivity index (χ3n) is 6.49.